The lowest BCUT2D eigenvalue weighted by Gasteiger charge is -2.29. The van der Waals surface area contributed by atoms with Crippen LogP contribution in [-0.2, 0) is 4.74 Å². The first-order valence-corrected chi connectivity index (χ1v) is 8.78. The molecule has 1 N–H and O–H groups in total. The Morgan fingerprint density at radius 1 is 1.42 bits per heavy atom. The molecule has 0 bridgehead atoms. The summed E-state index contributed by atoms with van der Waals surface area (Å²) in [7, 11) is 3.96. The van der Waals surface area contributed by atoms with E-state index in [0.29, 0.717) is 19.3 Å². The molecular weight excluding hydrogens is 304 g/mol. The van der Waals surface area contributed by atoms with Crippen molar-refractivity contribution in [3.63, 3.8) is 0 Å². The first-order chi connectivity index (χ1) is 11.6. The van der Waals surface area contributed by atoms with E-state index in [1.165, 1.54) is 0 Å². The van der Waals surface area contributed by atoms with Crippen LogP contribution in [0, 0.1) is 0 Å². The number of rotatable bonds is 7. The van der Waals surface area contributed by atoms with Crippen LogP contribution in [0.15, 0.2) is 24.5 Å². The van der Waals surface area contributed by atoms with Gasteiger partial charge in [-0.15, -0.1) is 0 Å². The normalized spacial score (nSPS) is 17.5. The van der Waals surface area contributed by atoms with Crippen LogP contribution in [-0.4, -0.2) is 67.3 Å². The number of carbonyl (C=O) groups is 1. The molecule has 6 heteroatoms. The number of hydrogen-bond acceptors (Lipinski definition) is 4. The second kappa shape index (κ2) is 9.59. The van der Waals surface area contributed by atoms with Crippen molar-refractivity contribution in [2.24, 2.45) is 0 Å². The average Bonchev–Trinajstić information content (AvgIpc) is 2.62. The summed E-state index contributed by atoms with van der Waals surface area (Å²) >= 11 is 0. The molecule has 2 amide bonds. The number of nitrogens with one attached hydrogen (secondary N) is 1. The number of likely N-dealkylation sites (tertiary alicyclic amines) is 1. The van der Waals surface area contributed by atoms with E-state index in [4.69, 9.17) is 4.74 Å². The van der Waals surface area contributed by atoms with Gasteiger partial charge in [0.1, 0.15) is 0 Å². The lowest BCUT2D eigenvalue weighted by Crippen LogP contribution is -2.39. The van der Waals surface area contributed by atoms with Crippen LogP contribution in [0.2, 0.25) is 0 Å². The van der Waals surface area contributed by atoms with Crippen LogP contribution in [0.5, 0.6) is 0 Å². The molecule has 6 nitrogen and oxygen atoms in total. The Labute approximate surface area is 145 Å². The quantitative estimate of drug-likeness (QED) is 0.777. The molecule has 1 fully saturated rings. The van der Waals surface area contributed by atoms with Gasteiger partial charge in [0.15, 0.2) is 0 Å². The average molecular weight is 334 g/mol. The third-order valence-electron chi connectivity index (χ3n) is 4.71. The van der Waals surface area contributed by atoms with Crippen molar-refractivity contribution < 1.29 is 9.53 Å². The predicted octanol–water partition coefficient (Wildman–Crippen LogP) is 2.28. The van der Waals surface area contributed by atoms with Crippen molar-refractivity contribution in [3.05, 3.63) is 30.1 Å². The van der Waals surface area contributed by atoms with Crippen molar-refractivity contribution in [2.45, 2.75) is 38.3 Å². The fourth-order valence-corrected chi connectivity index (χ4v) is 2.84. The Balaban J connectivity index is 1.60. The summed E-state index contributed by atoms with van der Waals surface area (Å²) in [4.78, 5) is 20.3. The van der Waals surface area contributed by atoms with Gasteiger partial charge in [0.05, 0.1) is 12.1 Å². The van der Waals surface area contributed by atoms with E-state index in [2.05, 4.69) is 22.2 Å². The van der Waals surface area contributed by atoms with Gasteiger partial charge in [-0.05, 0) is 50.9 Å². The summed E-state index contributed by atoms with van der Waals surface area (Å²) in [6.07, 6.45) is 6.93. The van der Waals surface area contributed by atoms with Crippen molar-refractivity contribution in [1.29, 1.82) is 0 Å². The molecule has 134 valence electrons. The van der Waals surface area contributed by atoms with Crippen LogP contribution < -0.4 is 5.32 Å². The number of amides is 2. The Hall–Kier alpha value is -1.66. The molecule has 0 saturated carbocycles. The molecule has 0 aliphatic carbocycles. The van der Waals surface area contributed by atoms with Crippen LogP contribution in [0.3, 0.4) is 0 Å². The van der Waals surface area contributed by atoms with Gasteiger partial charge in [-0.2, -0.15) is 0 Å². The molecule has 0 radical (unpaired) electrons. The number of hydrogen-bond donors (Lipinski definition) is 1. The maximum absolute atomic E-state index is 12.2. The van der Waals surface area contributed by atoms with E-state index in [1.54, 1.807) is 17.3 Å². The monoisotopic (exact) mass is 334 g/mol. The van der Waals surface area contributed by atoms with Gasteiger partial charge in [-0.25, -0.2) is 4.79 Å². The van der Waals surface area contributed by atoms with Gasteiger partial charge in [-0.3, -0.25) is 4.98 Å². The minimum Gasteiger partial charge on any atom is -0.378 e. The van der Waals surface area contributed by atoms with E-state index in [9.17, 15) is 4.79 Å². The molecule has 1 saturated heterocycles. The third kappa shape index (κ3) is 5.76. The van der Waals surface area contributed by atoms with Gasteiger partial charge in [0.2, 0.25) is 0 Å². The zero-order valence-electron chi connectivity index (χ0n) is 15.1. The van der Waals surface area contributed by atoms with E-state index in [1.807, 2.05) is 26.1 Å². The van der Waals surface area contributed by atoms with Gasteiger partial charge < -0.3 is 19.9 Å². The maximum Gasteiger partial charge on any atom is 0.317 e. The minimum absolute atomic E-state index is 0.0171. The standard InChI is InChI=1S/C18H30N4O2/c1-15(16-5-10-19-11-6-16)22(3)18(23)20-9-4-14-24-17-7-12-21(2)13-8-17/h5-6,10-11,15,17H,4,7-9,12-14H2,1-3H3,(H,20,23). The highest BCUT2D eigenvalue weighted by atomic mass is 16.5. The Kier molecular flexibility index (Phi) is 7.46. The molecule has 24 heavy (non-hydrogen) atoms. The minimum atomic E-state index is -0.0568. The number of piperidine rings is 1. The number of urea groups is 1. The van der Waals surface area contributed by atoms with Gasteiger partial charge >= 0.3 is 6.03 Å². The highest BCUT2D eigenvalue weighted by Gasteiger charge is 2.18. The van der Waals surface area contributed by atoms with E-state index < -0.39 is 0 Å². The first-order valence-electron chi connectivity index (χ1n) is 8.78. The number of ether oxygens (including phenoxy) is 1. The smallest absolute Gasteiger partial charge is 0.317 e. The molecule has 0 aromatic carbocycles. The van der Waals surface area contributed by atoms with E-state index >= 15 is 0 Å². The topological polar surface area (TPSA) is 57.7 Å². The van der Waals surface area contributed by atoms with Crippen LogP contribution in [0.4, 0.5) is 4.79 Å². The largest absolute Gasteiger partial charge is 0.378 e. The summed E-state index contributed by atoms with van der Waals surface area (Å²) in [5.41, 5.74) is 1.08. The van der Waals surface area contributed by atoms with Crippen molar-refractivity contribution in [2.75, 3.05) is 40.3 Å². The molecule has 0 spiro atoms. The Morgan fingerprint density at radius 2 is 2.08 bits per heavy atom. The Morgan fingerprint density at radius 3 is 2.75 bits per heavy atom. The second-order valence-electron chi connectivity index (χ2n) is 6.53. The third-order valence-corrected chi connectivity index (χ3v) is 4.71. The lowest BCUT2D eigenvalue weighted by molar-refractivity contribution is 0.0117. The molecular formula is C18H30N4O2. The molecule has 2 rings (SSSR count). The number of aromatic nitrogens is 1. The van der Waals surface area contributed by atoms with Crippen LogP contribution >= 0.6 is 0 Å². The van der Waals surface area contributed by atoms with Crippen molar-refractivity contribution in [1.82, 2.24) is 20.1 Å². The number of nitrogens with zero attached hydrogens (tertiary/aromatic N) is 3. The summed E-state index contributed by atoms with van der Waals surface area (Å²) in [6, 6.07) is 3.83. The van der Waals surface area contributed by atoms with E-state index in [-0.39, 0.29) is 12.1 Å². The summed E-state index contributed by atoms with van der Waals surface area (Å²) in [5.74, 6) is 0. The fraction of sp³-hybridized carbons (Fsp3) is 0.667. The molecule has 1 aromatic rings. The molecule has 1 unspecified atom stereocenters. The van der Waals surface area contributed by atoms with Gasteiger partial charge in [0, 0.05) is 45.7 Å². The summed E-state index contributed by atoms with van der Waals surface area (Å²) in [5, 5.41) is 2.96. The van der Waals surface area contributed by atoms with Crippen LogP contribution in [0.1, 0.15) is 37.8 Å². The highest BCUT2D eigenvalue weighted by molar-refractivity contribution is 5.74. The maximum atomic E-state index is 12.2. The fourth-order valence-electron chi connectivity index (χ4n) is 2.84. The molecule has 2 heterocycles. The lowest BCUT2D eigenvalue weighted by atomic mass is 10.1. The molecule has 1 aliphatic heterocycles. The molecule has 1 aromatic heterocycles. The Bertz CT molecular complexity index is 489. The van der Waals surface area contributed by atoms with Crippen molar-refractivity contribution >= 4 is 6.03 Å². The van der Waals surface area contributed by atoms with Gasteiger partial charge in [0.25, 0.3) is 0 Å². The highest BCUT2D eigenvalue weighted by Crippen LogP contribution is 2.17. The van der Waals surface area contributed by atoms with Crippen molar-refractivity contribution in [3.8, 4) is 0 Å². The van der Waals surface area contributed by atoms with Crippen LogP contribution in [0.25, 0.3) is 0 Å². The SMILES string of the molecule is CC(c1ccncc1)N(C)C(=O)NCCCOC1CCN(C)CC1. The van der Waals surface area contributed by atoms with Gasteiger partial charge in [-0.1, -0.05) is 0 Å². The number of pyridine rings is 1. The van der Waals surface area contributed by atoms with E-state index in [0.717, 1.165) is 37.9 Å². The second-order valence-corrected chi connectivity index (χ2v) is 6.53. The first kappa shape index (κ1) is 18.7. The predicted molar refractivity (Wildman–Crippen MR) is 94.9 cm³/mol. The summed E-state index contributed by atoms with van der Waals surface area (Å²) < 4.78 is 5.89. The molecule has 1 atom stereocenters. The zero-order valence-corrected chi connectivity index (χ0v) is 15.1. The zero-order chi connectivity index (χ0) is 17.4. The summed E-state index contributed by atoms with van der Waals surface area (Å²) in [6.45, 7) is 5.58. The number of carbonyl (C=O) groups excluding carboxylic acids is 1. The molecule has 1 aliphatic rings.